The second-order valence-electron chi connectivity index (χ2n) is 7.29. The molecule has 0 aliphatic heterocycles. The van der Waals surface area contributed by atoms with Gasteiger partial charge >= 0.3 is 0 Å². The van der Waals surface area contributed by atoms with E-state index in [0.29, 0.717) is 17.3 Å². The summed E-state index contributed by atoms with van der Waals surface area (Å²) in [6.07, 6.45) is 6.27. The van der Waals surface area contributed by atoms with Gasteiger partial charge in [0.1, 0.15) is 17.3 Å². The Balaban J connectivity index is 1.44. The molecule has 0 saturated heterocycles. The van der Waals surface area contributed by atoms with Crippen molar-refractivity contribution in [2.24, 2.45) is 0 Å². The lowest BCUT2D eigenvalue weighted by molar-refractivity contribution is -0.114. The molecule has 7 heteroatoms. The van der Waals surface area contributed by atoms with Gasteiger partial charge < -0.3 is 10.6 Å². The number of nitrogens with one attached hydrogen (secondary N) is 2. The molecule has 1 saturated carbocycles. The predicted molar refractivity (Wildman–Crippen MR) is 114 cm³/mol. The van der Waals surface area contributed by atoms with E-state index in [1.807, 2.05) is 24.3 Å². The molecule has 0 spiro atoms. The smallest absolute Gasteiger partial charge is 0.237 e. The zero-order valence-electron chi connectivity index (χ0n) is 16.2. The van der Waals surface area contributed by atoms with E-state index in [2.05, 4.69) is 10.6 Å². The highest BCUT2D eigenvalue weighted by Gasteiger charge is 2.16. The van der Waals surface area contributed by atoms with Crippen molar-refractivity contribution in [2.75, 3.05) is 22.1 Å². The van der Waals surface area contributed by atoms with Crippen molar-refractivity contribution in [1.29, 1.82) is 0 Å². The molecule has 1 aliphatic carbocycles. The largest absolute Gasteiger partial charge is 0.325 e. The molecule has 2 aromatic carbocycles. The third-order valence-electron chi connectivity index (χ3n) is 4.98. The maximum absolute atomic E-state index is 12.9. The number of carbonyl (C=O) groups is 2. The zero-order chi connectivity index (χ0) is 20.6. The summed E-state index contributed by atoms with van der Waals surface area (Å²) in [5.74, 6) is -1.26. The van der Waals surface area contributed by atoms with E-state index in [9.17, 15) is 18.2 Å². The normalized spacial score (nSPS) is 15.5. The number of hydrogen-bond acceptors (Lipinski definition) is 3. The van der Waals surface area contributed by atoms with Gasteiger partial charge in [-0.2, -0.15) is 0 Å². The lowest BCUT2D eigenvalue weighted by atomic mass is 9.84. The van der Waals surface area contributed by atoms with Crippen molar-refractivity contribution in [3.8, 4) is 0 Å². The minimum Gasteiger partial charge on any atom is -0.325 e. The Hall–Kier alpha value is -2.54. The van der Waals surface area contributed by atoms with Crippen molar-refractivity contribution >= 4 is 34.0 Å². The highest BCUT2D eigenvalue weighted by molar-refractivity contribution is 7.86. The third-order valence-corrected chi connectivity index (χ3v) is 6.15. The van der Waals surface area contributed by atoms with Crippen LogP contribution in [0.1, 0.15) is 43.6 Å². The van der Waals surface area contributed by atoms with Crippen LogP contribution in [0.3, 0.4) is 0 Å². The molecular weight excluding hydrogens is 391 g/mol. The molecular formula is C22H25FN2O3S. The molecule has 2 aromatic rings. The Morgan fingerprint density at radius 3 is 1.83 bits per heavy atom. The fourth-order valence-electron chi connectivity index (χ4n) is 3.55. The average molecular weight is 417 g/mol. The van der Waals surface area contributed by atoms with Gasteiger partial charge in [0.2, 0.25) is 11.8 Å². The molecule has 154 valence electrons. The fraction of sp³-hybridized carbons (Fsp3) is 0.364. The topological polar surface area (TPSA) is 75.3 Å². The lowest BCUT2D eigenvalue weighted by Crippen LogP contribution is -2.26. The van der Waals surface area contributed by atoms with E-state index in [0.717, 1.165) is 0 Å². The molecule has 1 fully saturated rings. The van der Waals surface area contributed by atoms with Gasteiger partial charge in [0, 0.05) is 22.2 Å². The van der Waals surface area contributed by atoms with Gasteiger partial charge in [-0.1, -0.05) is 31.4 Å². The van der Waals surface area contributed by atoms with Crippen LogP contribution < -0.4 is 10.6 Å². The number of anilines is 2. The lowest BCUT2D eigenvalue weighted by Gasteiger charge is -2.22. The third kappa shape index (κ3) is 6.78. The summed E-state index contributed by atoms with van der Waals surface area (Å²) in [5.41, 5.74) is 2.36. The monoisotopic (exact) mass is 416 g/mol. The average Bonchev–Trinajstić information content (AvgIpc) is 2.70. The second-order valence-corrected chi connectivity index (χ2v) is 8.75. The number of rotatable bonds is 7. The van der Waals surface area contributed by atoms with E-state index in [1.54, 1.807) is 0 Å². The summed E-state index contributed by atoms with van der Waals surface area (Å²) in [4.78, 5) is 24.0. The summed E-state index contributed by atoms with van der Waals surface area (Å²) >= 11 is 0. The van der Waals surface area contributed by atoms with E-state index < -0.39 is 28.4 Å². The van der Waals surface area contributed by atoms with Crippen LogP contribution in [0.15, 0.2) is 48.5 Å². The van der Waals surface area contributed by atoms with Crippen LogP contribution >= 0.6 is 0 Å². The molecule has 0 heterocycles. The van der Waals surface area contributed by atoms with Crippen LogP contribution in [-0.2, 0) is 20.4 Å². The Bertz CT molecular complexity index is 863. The molecule has 5 nitrogen and oxygen atoms in total. The minimum atomic E-state index is -1.64. The summed E-state index contributed by atoms with van der Waals surface area (Å²) < 4.78 is 25.0. The molecule has 0 aromatic heterocycles. The Morgan fingerprint density at radius 1 is 0.828 bits per heavy atom. The van der Waals surface area contributed by atoms with Gasteiger partial charge in [0.25, 0.3) is 0 Å². The molecule has 29 heavy (non-hydrogen) atoms. The molecule has 0 bridgehead atoms. The maximum atomic E-state index is 12.9. The first-order chi connectivity index (χ1) is 14.0. The standard InChI is InChI=1S/C22H25FN2O3S/c23-18-8-12-20(13-9-18)25-22(27)15-29(28)14-21(26)24-19-10-6-17(7-11-19)16-4-2-1-3-5-16/h6-13,16H,1-5,14-15H2,(H,24,26)(H,25,27)/t29-/m0/s1. The predicted octanol–water partition coefficient (Wildman–Crippen LogP) is 4.20. The SMILES string of the molecule is O=C(C[S@@](=O)CC(=O)Nc1ccc(C2CCCCC2)cc1)Nc1ccc(F)cc1. The number of amides is 2. The first-order valence-corrected chi connectivity index (χ1v) is 11.3. The van der Waals surface area contributed by atoms with E-state index >= 15 is 0 Å². The van der Waals surface area contributed by atoms with Gasteiger partial charge in [-0.15, -0.1) is 0 Å². The number of benzene rings is 2. The van der Waals surface area contributed by atoms with Crippen molar-refractivity contribution in [1.82, 2.24) is 0 Å². The van der Waals surface area contributed by atoms with Crippen molar-refractivity contribution in [3.05, 3.63) is 59.9 Å². The van der Waals surface area contributed by atoms with Gasteiger partial charge in [0.05, 0.1) is 0 Å². The van der Waals surface area contributed by atoms with Crippen LogP contribution in [-0.4, -0.2) is 27.5 Å². The summed E-state index contributed by atoms with van der Waals surface area (Å²) in [6, 6.07) is 13.1. The van der Waals surface area contributed by atoms with Gasteiger partial charge in [-0.25, -0.2) is 4.39 Å². The molecule has 0 radical (unpaired) electrons. The Kier molecular flexibility index (Phi) is 7.52. The van der Waals surface area contributed by atoms with Crippen molar-refractivity contribution in [2.45, 2.75) is 38.0 Å². The summed E-state index contributed by atoms with van der Waals surface area (Å²) in [5, 5.41) is 5.26. The maximum Gasteiger partial charge on any atom is 0.237 e. The van der Waals surface area contributed by atoms with Crippen LogP contribution in [0.25, 0.3) is 0 Å². The van der Waals surface area contributed by atoms with Gasteiger partial charge in [0.15, 0.2) is 0 Å². The number of hydrogen-bond donors (Lipinski definition) is 2. The summed E-state index contributed by atoms with van der Waals surface area (Å²) in [7, 11) is -1.64. The van der Waals surface area contributed by atoms with E-state index in [1.165, 1.54) is 61.9 Å². The van der Waals surface area contributed by atoms with Crippen molar-refractivity contribution in [3.63, 3.8) is 0 Å². The van der Waals surface area contributed by atoms with Crippen LogP contribution in [0.5, 0.6) is 0 Å². The van der Waals surface area contributed by atoms with Crippen LogP contribution in [0.4, 0.5) is 15.8 Å². The molecule has 1 aliphatic rings. The molecule has 3 rings (SSSR count). The minimum absolute atomic E-state index is 0.263. The highest BCUT2D eigenvalue weighted by atomic mass is 32.2. The van der Waals surface area contributed by atoms with E-state index in [4.69, 9.17) is 0 Å². The van der Waals surface area contributed by atoms with E-state index in [-0.39, 0.29) is 11.5 Å². The molecule has 2 N–H and O–H groups in total. The molecule has 2 amide bonds. The molecule has 1 atom stereocenters. The highest BCUT2D eigenvalue weighted by Crippen LogP contribution is 2.32. The Morgan fingerprint density at radius 2 is 1.31 bits per heavy atom. The number of carbonyl (C=O) groups excluding carboxylic acids is 2. The first kappa shape index (κ1) is 21.2. The Labute approximate surface area is 172 Å². The zero-order valence-corrected chi connectivity index (χ0v) is 17.0. The van der Waals surface area contributed by atoms with Gasteiger partial charge in [-0.3, -0.25) is 13.8 Å². The fourth-order valence-corrected chi connectivity index (χ4v) is 4.38. The quantitative estimate of drug-likeness (QED) is 0.710. The first-order valence-electron chi connectivity index (χ1n) is 9.80. The second kappa shape index (κ2) is 10.3. The van der Waals surface area contributed by atoms with Crippen LogP contribution in [0, 0.1) is 5.82 Å². The summed E-state index contributed by atoms with van der Waals surface area (Å²) in [6.45, 7) is 0. The van der Waals surface area contributed by atoms with Crippen LogP contribution in [0.2, 0.25) is 0 Å². The van der Waals surface area contributed by atoms with Crippen molar-refractivity contribution < 1.29 is 18.2 Å². The molecule has 0 unspecified atom stereocenters. The number of halogens is 1. The van der Waals surface area contributed by atoms with Gasteiger partial charge in [-0.05, 0) is 60.7 Å².